The number of hydrogen-bond acceptors (Lipinski definition) is 1. The first kappa shape index (κ1) is 42.7. The van der Waals surface area contributed by atoms with E-state index >= 15 is 0 Å². The monoisotopic (exact) mass is 490 g/mol. The van der Waals surface area contributed by atoms with Gasteiger partial charge >= 0.3 is 81.1 Å². The molecule has 0 unspecified atom stereocenters. The molecule has 9 heteroatoms. The van der Waals surface area contributed by atoms with Crippen LogP contribution in [0.2, 0.25) is 0 Å². The van der Waals surface area contributed by atoms with Crippen molar-refractivity contribution in [2.45, 2.75) is 6.42 Å². The van der Waals surface area contributed by atoms with Crippen LogP contribution in [0.5, 0.6) is 5.75 Å². The molecule has 6 nitrogen and oxygen atoms in total. The third-order valence-corrected chi connectivity index (χ3v) is 1.60. The second kappa shape index (κ2) is 23.9. The maximum Gasteiger partial charge on any atom is 3.00 e. The van der Waals surface area contributed by atoms with Gasteiger partial charge in [-0.05, 0) is 24.1 Å². The molecular weight excluding hydrogens is 482 g/mol. The van der Waals surface area contributed by atoms with Crippen LogP contribution in [0.15, 0.2) is 36.6 Å². The smallest absolute Gasteiger partial charge is 2.00 e. The summed E-state index contributed by atoms with van der Waals surface area (Å²) in [6.07, 6.45) is 4.75. The molecule has 0 atom stereocenters. The molecule has 0 saturated carbocycles. The Morgan fingerprint density at radius 2 is 1.39 bits per heavy atom. The summed E-state index contributed by atoms with van der Waals surface area (Å²) in [4.78, 5) is 0. The maximum absolute atomic E-state index is 5.24. The molecule has 95 valence electrons. The predicted molar refractivity (Wildman–Crippen MR) is 49.1 cm³/mol. The minimum atomic E-state index is 0. The summed E-state index contributed by atoms with van der Waals surface area (Å²) < 4.78 is 5.24. The summed E-state index contributed by atoms with van der Waals surface area (Å²) in [5.41, 5.74) is 1.27. The fourth-order valence-electron chi connectivity index (χ4n) is 1.08. The van der Waals surface area contributed by atoms with E-state index in [1.807, 2.05) is 24.3 Å². The van der Waals surface area contributed by atoms with Gasteiger partial charge in [0.05, 0.1) is 6.26 Å². The number of hydrogen-bond donors (Lipinski definition) is 0. The summed E-state index contributed by atoms with van der Waals surface area (Å²) in [5.74, 6) is 0.991. The summed E-state index contributed by atoms with van der Waals surface area (Å²) in [5, 5.41) is 0. The maximum atomic E-state index is 5.24. The molecule has 0 amide bonds. The first-order valence-corrected chi connectivity index (χ1v) is 3.36. The molecule has 0 saturated heterocycles. The number of rotatable bonds is 0. The second-order valence-corrected chi connectivity index (χ2v) is 2.30. The zero-order valence-corrected chi connectivity index (χ0v) is 17.9. The van der Waals surface area contributed by atoms with E-state index in [0.717, 1.165) is 12.2 Å². The Bertz CT molecular complexity index is 263. The van der Waals surface area contributed by atoms with Crippen LogP contribution in [-0.4, -0.2) is 45.5 Å². The summed E-state index contributed by atoms with van der Waals surface area (Å²) in [6, 6.07) is 8.08. The SMILES string of the molecule is C1=COc2ccccc2C1.[La+3].[O-2].[O-2].[O-2].[O-2].[O-2].[Sr+2].[V]. The fourth-order valence-corrected chi connectivity index (χ4v) is 1.08. The topological polar surface area (TPSA) is 152 Å². The predicted octanol–water partition coefficient (Wildman–Crippen LogP) is 1.16. The molecule has 0 spiro atoms. The Morgan fingerprint density at radius 3 is 1.89 bits per heavy atom. The van der Waals surface area contributed by atoms with Crippen molar-refractivity contribution in [3.63, 3.8) is 0 Å². The van der Waals surface area contributed by atoms with Crippen molar-refractivity contribution < 1.29 is 86.3 Å². The number of benzene rings is 1. The van der Waals surface area contributed by atoms with Gasteiger partial charge in [-0.15, -0.1) is 0 Å². The van der Waals surface area contributed by atoms with E-state index in [1.165, 1.54) is 5.56 Å². The van der Waals surface area contributed by atoms with Crippen molar-refractivity contribution in [1.82, 2.24) is 0 Å². The van der Waals surface area contributed by atoms with Crippen LogP contribution in [0.4, 0.5) is 0 Å². The van der Waals surface area contributed by atoms with E-state index in [4.69, 9.17) is 4.74 Å². The van der Waals surface area contributed by atoms with Crippen molar-refractivity contribution in [3.05, 3.63) is 42.2 Å². The van der Waals surface area contributed by atoms with Gasteiger partial charge in [0.1, 0.15) is 5.75 Å². The van der Waals surface area contributed by atoms with Crippen molar-refractivity contribution in [2.24, 2.45) is 0 Å². The quantitative estimate of drug-likeness (QED) is 0.493. The third-order valence-electron chi connectivity index (χ3n) is 1.60. The van der Waals surface area contributed by atoms with Gasteiger partial charge in [-0.1, -0.05) is 18.2 Å². The van der Waals surface area contributed by atoms with Gasteiger partial charge in [-0.3, -0.25) is 0 Å². The summed E-state index contributed by atoms with van der Waals surface area (Å²) >= 11 is 0. The molecule has 0 aliphatic carbocycles. The van der Waals surface area contributed by atoms with E-state index in [2.05, 4.69) is 6.07 Å². The first-order chi connectivity index (χ1) is 4.97. The molecule has 1 aliphatic rings. The molecule has 0 aromatic heterocycles. The molecular formula is C9H8LaO6SrV-5. The van der Waals surface area contributed by atoms with Gasteiger partial charge in [0, 0.05) is 18.6 Å². The van der Waals surface area contributed by atoms with Gasteiger partial charge in [0.2, 0.25) is 0 Å². The van der Waals surface area contributed by atoms with Gasteiger partial charge in [-0.25, -0.2) is 0 Å². The van der Waals surface area contributed by atoms with E-state index < -0.39 is 0 Å². The zero-order chi connectivity index (χ0) is 6.81. The molecule has 0 N–H and O–H groups in total. The average molecular weight is 490 g/mol. The number of ether oxygens (including phenoxy) is 1. The standard InChI is InChI=1S/C9H8O.La.5O.Sr.V/c1-2-6-9-8(4-1)5-3-7-10-9;;;;;;;;/h1-4,6-7H,5H2;;;;;;;;/q;+3;5*-2;+2;. The molecule has 1 heterocycles. The Labute approximate surface area is 183 Å². The molecule has 1 aromatic carbocycles. The minimum absolute atomic E-state index is 0. The van der Waals surface area contributed by atoms with Crippen LogP contribution in [0, 0.1) is 35.6 Å². The Kier molecular flexibility index (Phi) is 56.7. The Balaban J connectivity index is -0.0000000302. The normalized spacial score (nSPS) is 7.78. The molecule has 1 aromatic rings. The van der Waals surface area contributed by atoms with Crippen LogP contribution < -0.4 is 4.74 Å². The second-order valence-electron chi connectivity index (χ2n) is 2.30. The molecule has 2 rings (SSSR count). The van der Waals surface area contributed by atoms with Crippen LogP contribution in [0.1, 0.15) is 5.56 Å². The molecule has 0 bridgehead atoms. The van der Waals surface area contributed by atoms with Crippen molar-refractivity contribution >= 4 is 45.5 Å². The van der Waals surface area contributed by atoms with E-state index in [9.17, 15) is 0 Å². The van der Waals surface area contributed by atoms with Crippen molar-refractivity contribution in [1.29, 1.82) is 0 Å². The molecule has 1 aliphatic heterocycles. The Hall–Kier alpha value is 1.82. The summed E-state index contributed by atoms with van der Waals surface area (Å²) in [6.45, 7) is 0. The van der Waals surface area contributed by atoms with Crippen molar-refractivity contribution in [2.75, 3.05) is 0 Å². The minimum Gasteiger partial charge on any atom is -2.00 e. The van der Waals surface area contributed by atoms with Crippen LogP contribution in [0.25, 0.3) is 0 Å². The number of fused-ring (bicyclic) bond motifs is 1. The number of allylic oxidation sites excluding steroid dienone is 1. The fraction of sp³-hybridized carbons (Fsp3) is 0.111. The third kappa shape index (κ3) is 12.8. The van der Waals surface area contributed by atoms with E-state index in [-0.39, 0.29) is 127 Å². The van der Waals surface area contributed by atoms with E-state index in [1.54, 1.807) is 6.26 Å². The molecule has 0 fully saturated rings. The van der Waals surface area contributed by atoms with Crippen LogP contribution in [0.3, 0.4) is 0 Å². The zero-order valence-electron chi connectivity index (χ0n) is 9.35. The summed E-state index contributed by atoms with van der Waals surface area (Å²) in [7, 11) is 0. The molecule has 18 heavy (non-hydrogen) atoms. The Morgan fingerprint density at radius 1 is 0.889 bits per heavy atom. The van der Waals surface area contributed by atoms with Crippen molar-refractivity contribution in [3.8, 4) is 5.75 Å². The van der Waals surface area contributed by atoms with Crippen LogP contribution >= 0.6 is 0 Å². The van der Waals surface area contributed by atoms with Gasteiger partial charge in [-0.2, -0.15) is 0 Å². The average Bonchev–Trinajstić information content (AvgIpc) is 2.05. The number of para-hydroxylation sites is 1. The van der Waals surface area contributed by atoms with Gasteiger partial charge in [0.15, 0.2) is 0 Å². The van der Waals surface area contributed by atoms with Gasteiger partial charge < -0.3 is 32.1 Å². The van der Waals surface area contributed by atoms with Crippen LogP contribution in [-0.2, 0) is 52.4 Å². The molecule has 1 radical (unpaired) electrons. The van der Waals surface area contributed by atoms with Gasteiger partial charge in [0.25, 0.3) is 0 Å². The largest absolute Gasteiger partial charge is 3.00 e. The first-order valence-electron chi connectivity index (χ1n) is 3.36. The van der Waals surface area contributed by atoms with E-state index in [0.29, 0.717) is 0 Å².